The normalized spacial score (nSPS) is 11.8. The number of benzene rings is 6. The first-order valence-corrected chi connectivity index (χ1v) is 16.3. The van der Waals surface area contributed by atoms with Gasteiger partial charge in [-0.05, 0) is 71.8 Å². The highest BCUT2D eigenvalue weighted by atomic mass is 32.1. The quantitative estimate of drug-likeness (QED) is 0.198. The van der Waals surface area contributed by atoms with Crippen molar-refractivity contribution in [3.8, 4) is 34.1 Å². The lowest BCUT2D eigenvalue weighted by atomic mass is 9.99. The number of imidazole rings is 1. The van der Waals surface area contributed by atoms with E-state index in [1.807, 2.05) is 24.3 Å². The average Bonchev–Trinajstić information content (AvgIpc) is 3.79. The molecule has 6 heteroatoms. The van der Waals surface area contributed by atoms with Crippen LogP contribution in [0.1, 0.15) is 5.56 Å². The zero-order valence-corrected chi connectivity index (χ0v) is 25.7. The first-order valence-electron chi connectivity index (χ1n) is 15.5. The van der Waals surface area contributed by atoms with Crippen molar-refractivity contribution >= 4 is 70.3 Å². The van der Waals surface area contributed by atoms with Crippen molar-refractivity contribution in [3.63, 3.8) is 0 Å². The molecule has 4 aromatic heterocycles. The molecule has 6 aromatic carbocycles. The highest BCUT2D eigenvalue weighted by Crippen LogP contribution is 2.39. The molecule has 0 bridgehead atoms. The molecule has 5 nitrogen and oxygen atoms in total. The van der Waals surface area contributed by atoms with Gasteiger partial charge in [-0.25, -0.2) is 9.97 Å². The zero-order valence-electron chi connectivity index (χ0n) is 24.9. The maximum Gasteiger partial charge on any atom is 0.195 e. The summed E-state index contributed by atoms with van der Waals surface area (Å²) in [5, 5.41) is 12.9. The Balaban J connectivity index is 1.16. The van der Waals surface area contributed by atoms with Gasteiger partial charge in [0.15, 0.2) is 4.96 Å². The molecule has 47 heavy (non-hydrogen) atoms. The minimum atomic E-state index is 0.654. The molecule has 0 amide bonds. The Bertz CT molecular complexity index is 2900. The number of para-hydroxylation sites is 3. The number of fused-ring (bicyclic) bond motifs is 10. The summed E-state index contributed by atoms with van der Waals surface area (Å²) in [6, 6.07) is 50.7. The van der Waals surface area contributed by atoms with E-state index < -0.39 is 0 Å². The van der Waals surface area contributed by atoms with Crippen molar-refractivity contribution in [3.05, 3.63) is 145 Å². The van der Waals surface area contributed by atoms with E-state index in [9.17, 15) is 5.26 Å². The van der Waals surface area contributed by atoms with Crippen LogP contribution in [0.4, 0.5) is 0 Å². The molecule has 0 atom stereocenters. The second-order valence-electron chi connectivity index (χ2n) is 11.8. The summed E-state index contributed by atoms with van der Waals surface area (Å²) < 4.78 is 5.75. The van der Waals surface area contributed by atoms with Gasteiger partial charge >= 0.3 is 0 Å². The van der Waals surface area contributed by atoms with E-state index in [0.717, 1.165) is 82.3 Å². The minimum Gasteiger partial charge on any atom is -0.309 e. The van der Waals surface area contributed by atoms with Crippen molar-refractivity contribution in [1.29, 1.82) is 5.26 Å². The second kappa shape index (κ2) is 9.85. The second-order valence-corrected chi connectivity index (χ2v) is 12.8. The fourth-order valence-corrected chi connectivity index (χ4v) is 8.04. The van der Waals surface area contributed by atoms with Gasteiger partial charge in [0.25, 0.3) is 0 Å². The summed E-state index contributed by atoms with van der Waals surface area (Å²) >= 11 is 1.71. The monoisotopic (exact) mass is 617 g/mol. The minimum absolute atomic E-state index is 0.654. The SMILES string of the molecule is N#Cc1ccc2c(c1)c1cc(-c3ccc(-c4nc5ccccc5c5nc6sc7ccccc7n6c45)cc3)ccc1n2-c1ccccc1. The van der Waals surface area contributed by atoms with E-state index in [-0.39, 0.29) is 0 Å². The van der Waals surface area contributed by atoms with Crippen LogP contribution in [-0.4, -0.2) is 18.9 Å². The number of hydrogen-bond acceptors (Lipinski definition) is 4. The molecule has 4 heterocycles. The summed E-state index contributed by atoms with van der Waals surface area (Å²) in [6.07, 6.45) is 0. The molecule has 0 unspecified atom stereocenters. The molecule has 218 valence electrons. The lowest BCUT2D eigenvalue weighted by molar-refractivity contribution is 1.18. The highest BCUT2D eigenvalue weighted by molar-refractivity contribution is 7.23. The summed E-state index contributed by atoms with van der Waals surface area (Å²) in [4.78, 5) is 11.3. The standard InChI is InChI=1S/C41H23N5S/c42-24-25-14-20-34-31(22-25)32-23-28(19-21-35(32)45(34)29-8-2-1-3-9-29)26-15-17-27(18-16-26)38-40-39(30-10-4-5-11-33(30)43-38)44-41-46(40)36-12-6-7-13-37(36)47-41/h1-23H. The van der Waals surface area contributed by atoms with Gasteiger partial charge in [-0.2, -0.15) is 5.26 Å². The summed E-state index contributed by atoms with van der Waals surface area (Å²) in [7, 11) is 0. The van der Waals surface area contributed by atoms with Crippen molar-refractivity contribution in [2.45, 2.75) is 0 Å². The van der Waals surface area contributed by atoms with E-state index in [2.05, 4.69) is 130 Å². The molecular weight excluding hydrogens is 595 g/mol. The number of aromatic nitrogens is 4. The number of pyridine rings is 1. The van der Waals surface area contributed by atoms with Crippen LogP contribution in [0, 0.1) is 11.3 Å². The molecule has 0 N–H and O–H groups in total. The number of thiazole rings is 1. The van der Waals surface area contributed by atoms with Gasteiger partial charge in [0.2, 0.25) is 0 Å². The summed E-state index contributed by atoms with van der Waals surface area (Å²) in [5.41, 5.74) is 12.2. The smallest absolute Gasteiger partial charge is 0.195 e. The molecule has 0 aliphatic rings. The van der Waals surface area contributed by atoms with E-state index in [0.29, 0.717) is 5.56 Å². The predicted octanol–water partition coefficient (Wildman–Crippen LogP) is 10.6. The van der Waals surface area contributed by atoms with E-state index in [4.69, 9.17) is 9.97 Å². The number of nitrogens with zero attached hydrogens (tertiary/aromatic N) is 5. The number of rotatable bonds is 3. The van der Waals surface area contributed by atoms with Crippen LogP contribution in [0.15, 0.2) is 140 Å². The average molecular weight is 618 g/mol. The van der Waals surface area contributed by atoms with E-state index >= 15 is 0 Å². The maximum absolute atomic E-state index is 9.69. The topological polar surface area (TPSA) is 58.9 Å². The predicted molar refractivity (Wildman–Crippen MR) is 193 cm³/mol. The third-order valence-electron chi connectivity index (χ3n) is 9.17. The van der Waals surface area contributed by atoms with Crippen molar-refractivity contribution in [1.82, 2.24) is 18.9 Å². The van der Waals surface area contributed by atoms with E-state index in [1.54, 1.807) is 11.3 Å². The van der Waals surface area contributed by atoms with Crippen LogP contribution in [0.2, 0.25) is 0 Å². The molecule has 0 aliphatic heterocycles. The Labute approximate surface area is 272 Å². The van der Waals surface area contributed by atoms with Crippen LogP contribution in [0.25, 0.3) is 87.0 Å². The van der Waals surface area contributed by atoms with Gasteiger partial charge in [-0.3, -0.25) is 4.40 Å². The first kappa shape index (κ1) is 26.0. The van der Waals surface area contributed by atoms with Crippen molar-refractivity contribution in [2.24, 2.45) is 0 Å². The Morgan fingerprint density at radius 2 is 1.28 bits per heavy atom. The number of hydrogen-bond donors (Lipinski definition) is 0. The molecule has 0 radical (unpaired) electrons. The molecular formula is C41H23N5S. The molecule has 10 rings (SSSR count). The van der Waals surface area contributed by atoms with E-state index in [1.165, 1.54) is 4.70 Å². The van der Waals surface area contributed by atoms with Crippen LogP contribution in [-0.2, 0) is 0 Å². The maximum atomic E-state index is 9.69. The number of nitriles is 1. The Kier molecular flexibility index (Phi) is 5.45. The van der Waals surface area contributed by atoms with Gasteiger partial charge < -0.3 is 4.57 Å². The largest absolute Gasteiger partial charge is 0.309 e. The highest BCUT2D eigenvalue weighted by Gasteiger charge is 2.20. The van der Waals surface area contributed by atoms with Gasteiger partial charge in [0, 0.05) is 27.4 Å². The first-order chi connectivity index (χ1) is 23.2. The summed E-state index contributed by atoms with van der Waals surface area (Å²) in [6.45, 7) is 0. The Morgan fingerprint density at radius 3 is 2.13 bits per heavy atom. The molecule has 0 spiro atoms. The Morgan fingerprint density at radius 1 is 0.574 bits per heavy atom. The molecule has 0 aliphatic carbocycles. The molecule has 0 fully saturated rings. The van der Waals surface area contributed by atoms with Crippen LogP contribution < -0.4 is 0 Å². The zero-order chi connectivity index (χ0) is 31.1. The lowest BCUT2D eigenvalue weighted by Gasteiger charge is -2.10. The van der Waals surface area contributed by atoms with Gasteiger partial charge in [0.1, 0.15) is 11.0 Å². The van der Waals surface area contributed by atoms with Crippen LogP contribution in [0.3, 0.4) is 0 Å². The molecule has 0 saturated heterocycles. The molecule has 0 saturated carbocycles. The fraction of sp³-hybridized carbons (Fsp3) is 0. The van der Waals surface area contributed by atoms with Crippen LogP contribution in [0.5, 0.6) is 0 Å². The fourth-order valence-electron chi connectivity index (χ4n) is 7.02. The lowest BCUT2D eigenvalue weighted by Crippen LogP contribution is -1.93. The summed E-state index contributed by atoms with van der Waals surface area (Å²) in [5.74, 6) is 0. The third kappa shape index (κ3) is 3.81. The van der Waals surface area contributed by atoms with Gasteiger partial charge in [0.05, 0.1) is 44.1 Å². The van der Waals surface area contributed by atoms with Gasteiger partial charge in [-0.1, -0.05) is 90.2 Å². The van der Waals surface area contributed by atoms with Crippen molar-refractivity contribution in [2.75, 3.05) is 0 Å². The van der Waals surface area contributed by atoms with Crippen LogP contribution >= 0.6 is 11.3 Å². The van der Waals surface area contributed by atoms with Gasteiger partial charge in [-0.15, -0.1) is 0 Å². The molecule has 10 aromatic rings. The third-order valence-corrected chi connectivity index (χ3v) is 10.2. The van der Waals surface area contributed by atoms with Crippen molar-refractivity contribution < 1.29 is 0 Å². The Hall–Kier alpha value is -6.29.